The molecule has 0 spiro atoms. The molecule has 0 bridgehead atoms. The molecule has 37 heavy (non-hydrogen) atoms. The van der Waals surface area contributed by atoms with Crippen LogP contribution in [0.2, 0.25) is 5.02 Å². The van der Waals surface area contributed by atoms with Crippen LogP contribution in [-0.4, -0.2) is 39.1 Å². The molecule has 3 rings (SSSR count). The summed E-state index contributed by atoms with van der Waals surface area (Å²) in [5, 5.41) is 14.7. The van der Waals surface area contributed by atoms with Crippen LogP contribution in [-0.2, 0) is 0 Å². The Morgan fingerprint density at radius 1 is 0.919 bits per heavy atom. The SMILES string of the molecule is COc1cc(N/C=C\C(=O)c2ccccc2[N+](=O)[O-])c(/C=C\c2cc(OC)c(OC)c(OC)c2)cc1Cl. The van der Waals surface area contributed by atoms with E-state index in [9.17, 15) is 14.9 Å². The van der Waals surface area contributed by atoms with Gasteiger partial charge in [0.1, 0.15) is 5.75 Å². The molecule has 0 amide bonds. The number of ketones is 1. The average Bonchev–Trinajstić information content (AvgIpc) is 2.91. The summed E-state index contributed by atoms with van der Waals surface area (Å²) < 4.78 is 21.5. The lowest BCUT2D eigenvalue weighted by molar-refractivity contribution is -0.385. The smallest absolute Gasteiger partial charge is 0.280 e. The monoisotopic (exact) mass is 524 g/mol. The van der Waals surface area contributed by atoms with E-state index in [1.54, 1.807) is 30.3 Å². The van der Waals surface area contributed by atoms with Crippen LogP contribution in [0, 0.1) is 10.1 Å². The fourth-order valence-electron chi connectivity index (χ4n) is 3.51. The van der Waals surface area contributed by atoms with E-state index < -0.39 is 10.7 Å². The molecule has 1 N–H and O–H groups in total. The number of para-hydroxylation sites is 1. The lowest BCUT2D eigenvalue weighted by atomic mass is 10.1. The first-order valence-corrected chi connectivity index (χ1v) is 11.3. The maximum Gasteiger partial charge on any atom is 0.280 e. The first kappa shape index (κ1) is 27.1. The van der Waals surface area contributed by atoms with Gasteiger partial charge in [0.2, 0.25) is 5.75 Å². The van der Waals surface area contributed by atoms with Crippen molar-refractivity contribution in [1.82, 2.24) is 0 Å². The van der Waals surface area contributed by atoms with E-state index in [1.165, 1.54) is 58.9 Å². The van der Waals surface area contributed by atoms with Gasteiger partial charge in [-0.1, -0.05) is 35.9 Å². The number of rotatable bonds is 11. The molecule has 0 aliphatic heterocycles. The van der Waals surface area contributed by atoms with Crippen LogP contribution in [0.1, 0.15) is 21.5 Å². The third-order valence-corrected chi connectivity index (χ3v) is 5.60. The Labute approximate surface area is 219 Å². The van der Waals surface area contributed by atoms with Gasteiger partial charge in [-0.05, 0) is 35.4 Å². The molecule has 0 radical (unpaired) electrons. The van der Waals surface area contributed by atoms with Gasteiger partial charge in [-0.25, -0.2) is 0 Å². The number of halogens is 1. The van der Waals surface area contributed by atoms with Crippen molar-refractivity contribution in [2.75, 3.05) is 33.8 Å². The Kier molecular flexibility index (Phi) is 9.12. The van der Waals surface area contributed by atoms with Crippen LogP contribution in [0.15, 0.2) is 60.8 Å². The second kappa shape index (κ2) is 12.5. The highest BCUT2D eigenvalue weighted by Crippen LogP contribution is 2.39. The van der Waals surface area contributed by atoms with Crippen molar-refractivity contribution in [1.29, 1.82) is 0 Å². The summed E-state index contributed by atoms with van der Waals surface area (Å²) in [4.78, 5) is 23.2. The molecule has 0 aromatic heterocycles. The third kappa shape index (κ3) is 6.39. The topological polar surface area (TPSA) is 109 Å². The Hall–Kier alpha value is -4.50. The molecule has 0 fully saturated rings. The van der Waals surface area contributed by atoms with Crippen molar-refractivity contribution in [2.24, 2.45) is 0 Å². The minimum absolute atomic E-state index is 0.0123. The number of hydrogen-bond donors (Lipinski definition) is 1. The quantitative estimate of drug-likeness (QED) is 0.103. The summed E-state index contributed by atoms with van der Waals surface area (Å²) in [6.45, 7) is 0. The summed E-state index contributed by atoms with van der Waals surface area (Å²) in [7, 11) is 6.09. The number of nitro groups is 1. The average molecular weight is 525 g/mol. The number of carbonyl (C=O) groups excluding carboxylic acids is 1. The van der Waals surface area contributed by atoms with E-state index >= 15 is 0 Å². The lowest BCUT2D eigenvalue weighted by Gasteiger charge is -2.13. The van der Waals surface area contributed by atoms with Gasteiger partial charge >= 0.3 is 0 Å². The van der Waals surface area contributed by atoms with Crippen LogP contribution >= 0.6 is 11.6 Å². The predicted octanol–water partition coefficient (Wildman–Crippen LogP) is 6.26. The second-order valence-electron chi connectivity index (χ2n) is 7.48. The molecule has 3 aromatic carbocycles. The number of carbonyl (C=O) groups is 1. The number of benzene rings is 3. The molecular formula is C27H25ClN2O7. The highest BCUT2D eigenvalue weighted by atomic mass is 35.5. The van der Waals surface area contributed by atoms with Gasteiger partial charge in [0, 0.05) is 30.1 Å². The van der Waals surface area contributed by atoms with E-state index in [4.69, 9.17) is 30.5 Å². The summed E-state index contributed by atoms with van der Waals surface area (Å²) in [5.74, 6) is 1.39. The van der Waals surface area contributed by atoms with Crippen molar-refractivity contribution in [3.8, 4) is 23.0 Å². The summed E-state index contributed by atoms with van der Waals surface area (Å²) >= 11 is 6.35. The highest BCUT2D eigenvalue weighted by Gasteiger charge is 2.17. The van der Waals surface area contributed by atoms with E-state index in [0.29, 0.717) is 39.3 Å². The van der Waals surface area contributed by atoms with E-state index in [1.807, 2.05) is 12.2 Å². The fraction of sp³-hybridized carbons (Fsp3) is 0.148. The number of hydrogen-bond acceptors (Lipinski definition) is 8. The van der Waals surface area contributed by atoms with Crippen LogP contribution in [0.25, 0.3) is 12.2 Å². The zero-order valence-electron chi connectivity index (χ0n) is 20.6. The molecule has 3 aromatic rings. The van der Waals surface area contributed by atoms with Gasteiger partial charge in [0.05, 0.1) is 43.9 Å². The minimum Gasteiger partial charge on any atom is -0.495 e. The maximum absolute atomic E-state index is 12.6. The Morgan fingerprint density at radius 2 is 1.57 bits per heavy atom. The number of nitrogens with zero attached hydrogens (tertiary/aromatic N) is 1. The Bertz CT molecular complexity index is 1340. The fourth-order valence-corrected chi connectivity index (χ4v) is 3.76. The molecule has 10 heteroatoms. The molecule has 0 saturated carbocycles. The van der Waals surface area contributed by atoms with Gasteiger partial charge in [0.25, 0.3) is 5.69 Å². The molecule has 0 heterocycles. The van der Waals surface area contributed by atoms with E-state index in [-0.39, 0.29) is 11.3 Å². The molecule has 0 aliphatic rings. The van der Waals surface area contributed by atoms with Gasteiger partial charge in [-0.3, -0.25) is 14.9 Å². The molecule has 0 atom stereocenters. The number of methoxy groups -OCH3 is 4. The van der Waals surface area contributed by atoms with Gasteiger partial charge in [0.15, 0.2) is 17.3 Å². The maximum atomic E-state index is 12.6. The first-order chi connectivity index (χ1) is 17.8. The summed E-state index contributed by atoms with van der Waals surface area (Å²) in [6.07, 6.45) is 6.26. The molecule has 192 valence electrons. The zero-order chi connectivity index (χ0) is 26.9. The Balaban J connectivity index is 1.92. The van der Waals surface area contributed by atoms with Crippen molar-refractivity contribution in [3.63, 3.8) is 0 Å². The largest absolute Gasteiger partial charge is 0.495 e. The van der Waals surface area contributed by atoms with Gasteiger partial charge in [-0.2, -0.15) is 0 Å². The van der Waals surface area contributed by atoms with Crippen molar-refractivity contribution < 1.29 is 28.7 Å². The molecule has 0 unspecified atom stereocenters. The summed E-state index contributed by atoms with van der Waals surface area (Å²) in [6, 6.07) is 12.7. The zero-order valence-corrected chi connectivity index (χ0v) is 21.4. The first-order valence-electron chi connectivity index (χ1n) is 10.9. The van der Waals surface area contributed by atoms with Crippen LogP contribution in [0.5, 0.6) is 23.0 Å². The highest BCUT2D eigenvalue weighted by molar-refractivity contribution is 6.32. The van der Waals surface area contributed by atoms with Crippen LogP contribution < -0.4 is 24.3 Å². The number of nitrogens with one attached hydrogen (secondary N) is 1. The van der Waals surface area contributed by atoms with Crippen LogP contribution in [0.4, 0.5) is 11.4 Å². The number of ether oxygens (including phenoxy) is 4. The van der Waals surface area contributed by atoms with Crippen LogP contribution in [0.3, 0.4) is 0 Å². The van der Waals surface area contributed by atoms with Crippen molar-refractivity contribution in [2.45, 2.75) is 0 Å². The van der Waals surface area contributed by atoms with E-state index in [2.05, 4.69) is 5.32 Å². The number of allylic oxidation sites excluding steroid dienone is 1. The van der Waals surface area contributed by atoms with E-state index in [0.717, 1.165) is 5.56 Å². The number of anilines is 1. The minimum atomic E-state index is -0.593. The lowest BCUT2D eigenvalue weighted by Crippen LogP contribution is -2.02. The normalized spacial score (nSPS) is 10.9. The molecule has 0 saturated heterocycles. The molecule has 9 nitrogen and oxygen atoms in total. The molecule has 0 aliphatic carbocycles. The predicted molar refractivity (Wildman–Crippen MR) is 143 cm³/mol. The standard InChI is InChI=1S/C27H25ClN2O7/c1-34-24-16-21(29-12-11-23(31)19-7-5-6-8-22(19)30(32)33)18(15-20(24)28)10-9-17-13-25(35-2)27(37-4)26(14-17)36-3/h5-16,29H,1-4H3/b10-9-,12-11-. The van der Waals surface area contributed by atoms with Gasteiger partial charge in [-0.15, -0.1) is 0 Å². The van der Waals surface area contributed by atoms with Crippen molar-refractivity contribution in [3.05, 3.63) is 92.6 Å². The Morgan fingerprint density at radius 3 is 2.16 bits per heavy atom. The third-order valence-electron chi connectivity index (χ3n) is 5.31. The summed E-state index contributed by atoms with van der Waals surface area (Å²) in [5.41, 5.74) is 1.76. The molecular weight excluding hydrogens is 500 g/mol. The second-order valence-corrected chi connectivity index (χ2v) is 7.89. The number of nitro benzene ring substituents is 1. The van der Waals surface area contributed by atoms with Gasteiger partial charge < -0.3 is 24.3 Å². The van der Waals surface area contributed by atoms with Crippen molar-refractivity contribution >= 4 is 40.9 Å².